The Morgan fingerprint density at radius 2 is 2.00 bits per heavy atom. The third-order valence-corrected chi connectivity index (χ3v) is 13.1. The number of hydrogen-bond acceptors (Lipinski definition) is 7. The molecule has 7 rings (SSSR count). The second-order valence-corrected chi connectivity index (χ2v) is 16.3. The number of halogens is 1. The molecule has 2 aromatic carbocycles. The molecule has 258 valence electrons. The van der Waals surface area contributed by atoms with Crippen molar-refractivity contribution in [2.75, 3.05) is 45.3 Å². The number of carbonyl (C=O) groups is 1. The molecule has 3 heterocycles. The molecule has 5 aliphatic rings. The number of anilines is 1. The van der Waals surface area contributed by atoms with Gasteiger partial charge in [-0.05, 0) is 111 Å². The molecule has 6 unspecified atom stereocenters. The van der Waals surface area contributed by atoms with Crippen molar-refractivity contribution in [1.82, 2.24) is 9.73 Å². The molecule has 1 spiro atoms. The predicted molar refractivity (Wildman–Crippen MR) is 195 cm³/mol. The standard InChI is InChI=1S/C34H43ClN2O4S.C4H6N2/c1-22-7-5-9-31(40-4)28-13-10-26(28)19-37-20-34(16-6-8-24-17-27(35)12-14-29(24)34)21-41-32-15-11-25(18-30(32)37)33(38)36(3)42(39)23(22)2;1-2-4-6-5-3-1/h5,9,11-12,14-15,17-18,22-23,26,28,31H,6-8,10,13,16,19-21H2,1-4H3;1-3,6H,4H2/b9-5+;/t22?,23?,26?,28?,31?,34-,42?;/m0./s1. The van der Waals surface area contributed by atoms with Crippen LogP contribution in [0.15, 0.2) is 65.8 Å². The Kier molecular flexibility index (Phi) is 11.0. The summed E-state index contributed by atoms with van der Waals surface area (Å²) in [7, 11) is 2.00. The fourth-order valence-corrected chi connectivity index (χ4v) is 9.31. The first-order valence-electron chi connectivity index (χ1n) is 17.3. The number of fused-ring (bicyclic) bond motifs is 4. The van der Waals surface area contributed by atoms with Crippen molar-refractivity contribution in [1.29, 1.82) is 0 Å². The smallest absolute Gasteiger partial charge is 0.265 e. The van der Waals surface area contributed by atoms with Crippen molar-refractivity contribution >= 4 is 40.4 Å². The Labute approximate surface area is 293 Å². The van der Waals surface area contributed by atoms with Gasteiger partial charge in [0.2, 0.25) is 0 Å². The number of benzene rings is 2. The molecule has 1 saturated carbocycles. The number of methoxy groups -OCH3 is 1. The van der Waals surface area contributed by atoms with E-state index in [1.54, 1.807) is 13.3 Å². The van der Waals surface area contributed by atoms with Crippen LogP contribution in [0.4, 0.5) is 5.69 Å². The Bertz CT molecular complexity index is 1580. The van der Waals surface area contributed by atoms with Gasteiger partial charge in [0.05, 0.1) is 30.2 Å². The van der Waals surface area contributed by atoms with Crippen molar-refractivity contribution in [3.05, 3.63) is 82.4 Å². The van der Waals surface area contributed by atoms with Gasteiger partial charge in [0.1, 0.15) is 16.7 Å². The molecule has 0 radical (unpaired) electrons. The van der Waals surface area contributed by atoms with E-state index in [0.29, 0.717) is 24.0 Å². The highest BCUT2D eigenvalue weighted by Gasteiger charge is 2.44. The molecule has 0 aromatic heterocycles. The number of rotatable bonds is 1. The minimum Gasteiger partial charge on any atom is -0.490 e. The zero-order valence-corrected chi connectivity index (χ0v) is 30.1. The van der Waals surface area contributed by atoms with Gasteiger partial charge < -0.3 is 19.8 Å². The van der Waals surface area contributed by atoms with E-state index in [9.17, 15) is 9.00 Å². The minimum atomic E-state index is -1.46. The van der Waals surface area contributed by atoms with E-state index in [-0.39, 0.29) is 28.6 Å². The average Bonchev–Trinajstić information content (AvgIpc) is 3.25. The lowest BCUT2D eigenvalue weighted by Gasteiger charge is -2.46. The van der Waals surface area contributed by atoms with Crippen molar-refractivity contribution in [3.63, 3.8) is 0 Å². The summed E-state index contributed by atoms with van der Waals surface area (Å²) in [5.41, 5.74) is 6.72. The van der Waals surface area contributed by atoms with Gasteiger partial charge in [-0.1, -0.05) is 42.8 Å². The number of nitrogens with zero attached hydrogens (tertiary/aromatic N) is 3. The summed E-state index contributed by atoms with van der Waals surface area (Å²) in [6.07, 6.45) is 16.3. The first-order chi connectivity index (χ1) is 23.2. The van der Waals surface area contributed by atoms with Crippen LogP contribution in [0, 0.1) is 17.8 Å². The maximum Gasteiger partial charge on any atom is 0.265 e. The first kappa shape index (κ1) is 34.7. The summed E-state index contributed by atoms with van der Waals surface area (Å²) < 4.78 is 27.6. The van der Waals surface area contributed by atoms with E-state index in [2.05, 4.69) is 46.6 Å². The van der Waals surface area contributed by atoms with Gasteiger partial charge in [0.25, 0.3) is 5.91 Å². The molecule has 8 nitrogen and oxygen atoms in total. The van der Waals surface area contributed by atoms with Gasteiger partial charge in [-0.2, -0.15) is 5.10 Å². The molecule has 0 saturated heterocycles. The van der Waals surface area contributed by atoms with Crippen LogP contribution in [-0.4, -0.2) is 72.4 Å². The number of nitrogens with one attached hydrogen (secondary N) is 1. The highest BCUT2D eigenvalue weighted by Crippen LogP contribution is 2.47. The highest BCUT2D eigenvalue weighted by molar-refractivity contribution is 7.83. The zero-order valence-electron chi connectivity index (χ0n) is 28.6. The number of amides is 1. The molecule has 1 N–H and O–H groups in total. The number of aryl methyl sites for hydroxylation is 1. The zero-order chi connectivity index (χ0) is 33.8. The Morgan fingerprint density at radius 1 is 1.15 bits per heavy atom. The van der Waals surface area contributed by atoms with E-state index in [0.717, 1.165) is 74.6 Å². The third kappa shape index (κ3) is 7.24. The summed E-state index contributed by atoms with van der Waals surface area (Å²) in [6.45, 7) is 7.20. The third-order valence-electron chi connectivity index (χ3n) is 11.0. The number of allylic oxidation sites excluding steroid dienone is 2. The van der Waals surface area contributed by atoms with Crippen LogP contribution in [0.2, 0.25) is 5.02 Å². The largest absolute Gasteiger partial charge is 0.490 e. The van der Waals surface area contributed by atoms with E-state index in [1.807, 2.05) is 50.5 Å². The lowest BCUT2D eigenvalue weighted by Crippen LogP contribution is -2.49. The van der Waals surface area contributed by atoms with Gasteiger partial charge in [-0.25, -0.2) is 4.21 Å². The van der Waals surface area contributed by atoms with Crippen LogP contribution >= 0.6 is 11.6 Å². The highest BCUT2D eigenvalue weighted by atomic mass is 35.5. The number of ether oxygens (including phenoxy) is 2. The number of carbonyl (C=O) groups excluding carboxylic acids is 1. The average molecular weight is 693 g/mol. The second-order valence-electron chi connectivity index (χ2n) is 14.0. The van der Waals surface area contributed by atoms with E-state index in [1.165, 1.54) is 15.4 Å². The molecule has 48 heavy (non-hydrogen) atoms. The lowest BCUT2D eigenvalue weighted by molar-refractivity contribution is 0.0131. The van der Waals surface area contributed by atoms with Crippen LogP contribution in [0.1, 0.15) is 67.4 Å². The fraction of sp³-hybridized carbons (Fsp3) is 0.526. The quantitative estimate of drug-likeness (QED) is 0.335. The summed E-state index contributed by atoms with van der Waals surface area (Å²) in [4.78, 5) is 16.2. The molecule has 2 aromatic rings. The predicted octanol–water partition coefficient (Wildman–Crippen LogP) is 6.71. The Hall–Kier alpha value is -3.14. The van der Waals surface area contributed by atoms with Crippen molar-refractivity contribution in [3.8, 4) is 5.75 Å². The minimum absolute atomic E-state index is 0.0504. The van der Waals surface area contributed by atoms with Crippen molar-refractivity contribution in [2.24, 2.45) is 22.9 Å². The van der Waals surface area contributed by atoms with Gasteiger partial charge in [0, 0.05) is 49.5 Å². The summed E-state index contributed by atoms with van der Waals surface area (Å²) in [6, 6.07) is 12.1. The molecule has 10 heteroatoms. The van der Waals surface area contributed by atoms with Crippen molar-refractivity contribution in [2.45, 2.75) is 69.1 Å². The van der Waals surface area contributed by atoms with Crippen LogP contribution < -0.4 is 15.1 Å². The molecule has 1 fully saturated rings. The molecular weight excluding hydrogens is 644 g/mol. The first-order valence-corrected chi connectivity index (χ1v) is 18.9. The van der Waals surface area contributed by atoms with E-state index < -0.39 is 11.0 Å². The van der Waals surface area contributed by atoms with Crippen LogP contribution in [-0.2, 0) is 27.6 Å². The normalized spacial score (nSPS) is 32.0. The lowest BCUT2D eigenvalue weighted by atomic mass is 9.68. The second kappa shape index (κ2) is 15.2. The van der Waals surface area contributed by atoms with Gasteiger partial charge in [-0.3, -0.25) is 9.10 Å². The van der Waals surface area contributed by atoms with Crippen LogP contribution in [0.5, 0.6) is 5.75 Å². The molecule has 1 amide bonds. The fourth-order valence-electron chi connectivity index (χ4n) is 7.84. The molecule has 2 aliphatic carbocycles. The topological polar surface area (TPSA) is 83.5 Å². The monoisotopic (exact) mass is 692 g/mol. The maximum atomic E-state index is 13.7. The summed E-state index contributed by atoms with van der Waals surface area (Å²) in [5, 5.41) is 4.32. The number of hydrazone groups is 1. The van der Waals surface area contributed by atoms with Crippen molar-refractivity contribution < 1.29 is 18.5 Å². The maximum absolute atomic E-state index is 13.7. The molecular formula is C38H49ClN4O4S. The van der Waals surface area contributed by atoms with Gasteiger partial charge in [-0.15, -0.1) is 0 Å². The molecule has 7 atom stereocenters. The number of hydrogen-bond donors (Lipinski definition) is 1. The van der Waals surface area contributed by atoms with Crippen LogP contribution in [0.25, 0.3) is 0 Å². The van der Waals surface area contributed by atoms with Gasteiger partial charge >= 0.3 is 0 Å². The van der Waals surface area contributed by atoms with E-state index >= 15 is 0 Å². The summed E-state index contributed by atoms with van der Waals surface area (Å²) in [5.74, 6) is 1.62. The molecule has 2 bridgehead atoms. The SMILES string of the molecule is C1=CCNN=C1.COC1/C=C/CC(C)C(C)S(=O)N(C)C(=O)c2ccc3c(c2)N(CC2CCC21)C[C@@]1(CCCc2cc(Cl)ccc21)CO3. The van der Waals surface area contributed by atoms with E-state index in [4.69, 9.17) is 21.1 Å². The van der Waals surface area contributed by atoms with Gasteiger partial charge in [0.15, 0.2) is 0 Å². The Morgan fingerprint density at radius 3 is 2.69 bits per heavy atom. The van der Waals surface area contributed by atoms with Crippen LogP contribution in [0.3, 0.4) is 0 Å². The Balaban J connectivity index is 0.000000604. The summed E-state index contributed by atoms with van der Waals surface area (Å²) >= 11 is 6.43. The molecule has 3 aliphatic heterocycles.